The van der Waals surface area contributed by atoms with Crippen molar-refractivity contribution in [3.8, 4) is 0 Å². The van der Waals surface area contributed by atoms with Gasteiger partial charge < -0.3 is 5.32 Å². The molecule has 2 rings (SSSR count). The van der Waals surface area contributed by atoms with Crippen molar-refractivity contribution in [1.29, 1.82) is 0 Å². The number of nitrogens with zero attached hydrogens (tertiary/aromatic N) is 1. The fraction of sp³-hybridized carbons (Fsp3) is 0.316. The van der Waals surface area contributed by atoms with E-state index in [4.69, 9.17) is 23.2 Å². The highest BCUT2D eigenvalue weighted by Crippen LogP contribution is 2.31. The summed E-state index contributed by atoms with van der Waals surface area (Å²) in [6.07, 6.45) is 1.34. The van der Waals surface area contributed by atoms with Crippen LogP contribution in [0, 0.1) is 13.8 Å². The van der Waals surface area contributed by atoms with Gasteiger partial charge in [0.15, 0.2) is 0 Å². The largest absolute Gasteiger partial charge is 0.324 e. The Labute approximate surface area is 170 Å². The van der Waals surface area contributed by atoms with E-state index in [9.17, 15) is 13.2 Å². The molecule has 0 saturated carbocycles. The summed E-state index contributed by atoms with van der Waals surface area (Å²) in [7, 11) is -3.75. The number of rotatable bonds is 6. The van der Waals surface area contributed by atoms with Gasteiger partial charge in [0.1, 0.15) is 6.04 Å². The molecule has 0 fully saturated rings. The number of amides is 1. The molecule has 0 aliphatic carbocycles. The summed E-state index contributed by atoms with van der Waals surface area (Å²) < 4.78 is 26.1. The molecule has 1 amide bonds. The van der Waals surface area contributed by atoms with E-state index in [-0.39, 0.29) is 17.1 Å². The molecule has 0 aromatic heterocycles. The monoisotopic (exact) mass is 428 g/mol. The van der Waals surface area contributed by atoms with Gasteiger partial charge in [-0.2, -0.15) is 0 Å². The van der Waals surface area contributed by atoms with Gasteiger partial charge in [-0.25, -0.2) is 8.42 Å². The van der Waals surface area contributed by atoms with Crippen LogP contribution in [0.5, 0.6) is 0 Å². The van der Waals surface area contributed by atoms with Gasteiger partial charge in [-0.15, -0.1) is 0 Å². The maximum Gasteiger partial charge on any atom is 0.248 e. The lowest BCUT2D eigenvalue weighted by molar-refractivity contribution is -0.117. The van der Waals surface area contributed by atoms with Crippen LogP contribution in [0.4, 0.5) is 11.4 Å². The first-order chi connectivity index (χ1) is 12.6. The Morgan fingerprint density at radius 1 is 1.11 bits per heavy atom. The van der Waals surface area contributed by atoms with Crippen molar-refractivity contribution in [2.75, 3.05) is 15.9 Å². The van der Waals surface area contributed by atoms with Crippen molar-refractivity contribution in [3.05, 3.63) is 57.6 Å². The maximum absolute atomic E-state index is 13.0. The molecule has 1 atom stereocenters. The normalized spacial score (nSPS) is 12.5. The van der Waals surface area contributed by atoms with Crippen molar-refractivity contribution < 1.29 is 13.2 Å². The minimum atomic E-state index is -3.75. The number of benzene rings is 2. The zero-order valence-corrected chi connectivity index (χ0v) is 17.9. The van der Waals surface area contributed by atoms with Gasteiger partial charge in [0.25, 0.3) is 0 Å². The summed E-state index contributed by atoms with van der Waals surface area (Å²) in [5, 5.41) is 3.40. The zero-order chi connectivity index (χ0) is 20.4. The lowest BCUT2D eigenvalue weighted by Crippen LogP contribution is -2.47. The molecule has 0 saturated heterocycles. The smallest absolute Gasteiger partial charge is 0.248 e. The van der Waals surface area contributed by atoms with Gasteiger partial charge in [0.05, 0.1) is 22.0 Å². The quantitative estimate of drug-likeness (QED) is 0.718. The molecule has 5 nitrogen and oxygen atoms in total. The molecular formula is C19H22Cl2N2O3S. The molecule has 0 aliphatic rings. The Hall–Kier alpha value is -1.76. The lowest BCUT2D eigenvalue weighted by Gasteiger charge is -2.30. The SMILES string of the molecule is CCC(C(=O)Nc1c(C)cccc1C)N(c1ccc(Cl)c(Cl)c1)S(C)(=O)=O. The van der Waals surface area contributed by atoms with Crippen molar-refractivity contribution in [2.24, 2.45) is 0 Å². The fourth-order valence-electron chi connectivity index (χ4n) is 2.90. The number of hydrogen-bond donors (Lipinski definition) is 1. The van der Waals surface area contributed by atoms with E-state index in [2.05, 4.69) is 5.32 Å². The van der Waals surface area contributed by atoms with Gasteiger partial charge in [0, 0.05) is 5.69 Å². The van der Waals surface area contributed by atoms with Crippen LogP contribution in [0.15, 0.2) is 36.4 Å². The minimum absolute atomic E-state index is 0.216. The Morgan fingerprint density at radius 3 is 2.19 bits per heavy atom. The zero-order valence-electron chi connectivity index (χ0n) is 15.6. The number of aryl methyl sites for hydroxylation is 2. The molecule has 27 heavy (non-hydrogen) atoms. The molecule has 0 radical (unpaired) electrons. The maximum atomic E-state index is 13.0. The summed E-state index contributed by atoms with van der Waals surface area (Å²) in [5.41, 5.74) is 2.77. The summed E-state index contributed by atoms with van der Waals surface area (Å²) in [6, 6.07) is 9.22. The second-order valence-electron chi connectivity index (χ2n) is 6.34. The second-order valence-corrected chi connectivity index (χ2v) is 9.01. The van der Waals surface area contributed by atoms with Crippen LogP contribution in [0.3, 0.4) is 0 Å². The van der Waals surface area contributed by atoms with Gasteiger partial charge in [-0.1, -0.05) is 48.3 Å². The van der Waals surface area contributed by atoms with E-state index in [0.717, 1.165) is 21.7 Å². The third-order valence-electron chi connectivity index (χ3n) is 4.22. The van der Waals surface area contributed by atoms with Crippen LogP contribution >= 0.6 is 23.2 Å². The predicted octanol–water partition coefficient (Wildman–Crippen LogP) is 4.79. The van der Waals surface area contributed by atoms with Gasteiger partial charge in [-0.3, -0.25) is 9.10 Å². The van der Waals surface area contributed by atoms with Crippen LogP contribution in [-0.2, 0) is 14.8 Å². The minimum Gasteiger partial charge on any atom is -0.324 e. The molecule has 2 aromatic carbocycles. The number of carbonyl (C=O) groups excluding carboxylic acids is 1. The molecule has 8 heteroatoms. The van der Waals surface area contributed by atoms with Gasteiger partial charge >= 0.3 is 0 Å². The molecule has 1 unspecified atom stereocenters. The standard InChI is InChI=1S/C19H22Cl2N2O3S/c1-5-17(19(24)22-18-12(2)7-6-8-13(18)3)23(27(4,25)26)14-9-10-15(20)16(21)11-14/h6-11,17H,5H2,1-4H3,(H,22,24). The summed E-state index contributed by atoms with van der Waals surface area (Å²) >= 11 is 12.0. The Kier molecular flexibility index (Phi) is 6.78. The first kappa shape index (κ1) is 21.5. The van der Waals surface area contributed by atoms with E-state index in [1.807, 2.05) is 32.0 Å². The van der Waals surface area contributed by atoms with Crippen LogP contribution in [-0.4, -0.2) is 26.6 Å². The summed E-state index contributed by atoms with van der Waals surface area (Å²) in [4.78, 5) is 13.0. The molecule has 146 valence electrons. The van der Waals surface area contributed by atoms with Crippen LogP contribution < -0.4 is 9.62 Å². The highest BCUT2D eigenvalue weighted by molar-refractivity contribution is 7.92. The second kappa shape index (κ2) is 8.50. The number of sulfonamides is 1. The molecule has 0 heterocycles. The number of nitrogens with one attached hydrogen (secondary N) is 1. The van der Waals surface area contributed by atoms with E-state index >= 15 is 0 Å². The topological polar surface area (TPSA) is 66.5 Å². The average molecular weight is 429 g/mol. The van der Waals surface area contributed by atoms with Crippen molar-refractivity contribution in [1.82, 2.24) is 0 Å². The van der Waals surface area contributed by atoms with Gasteiger partial charge in [0.2, 0.25) is 15.9 Å². The number of anilines is 2. The van der Waals surface area contributed by atoms with E-state index in [0.29, 0.717) is 10.7 Å². The molecule has 1 N–H and O–H groups in total. The van der Waals surface area contributed by atoms with E-state index in [1.165, 1.54) is 18.2 Å². The van der Waals surface area contributed by atoms with Crippen LogP contribution in [0.25, 0.3) is 0 Å². The molecule has 0 spiro atoms. The number of hydrogen-bond acceptors (Lipinski definition) is 3. The highest BCUT2D eigenvalue weighted by Gasteiger charge is 2.32. The first-order valence-electron chi connectivity index (χ1n) is 8.37. The van der Waals surface area contributed by atoms with Crippen molar-refractivity contribution in [2.45, 2.75) is 33.2 Å². The van der Waals surface area contributed by atoms with E-state index in [1.54, 1.807) is 6.92 Å². The molecular weight excluding hydrogens is 407 g/mol. The number of halogens is 2. The Bertz CT molecular complexity index is 941. The molecule has 2 aromatic rings. The third kappa shape index (κ3) is 4.94. The highest BCUT2D eigenvalue weighted by atomic mass is 35.5. The summed E-state index contributed by atoms with van der Waals surface area (Å²) in [5.74, 6) is -0.411. The molecule has 0 aliphatic heterocycles. The van der Waals surface area contributed by atoms with Crippen LogP contribution in [0.2, 0.25) is 10.0 Å². The average Bonchev–Trinajstić information content (AvgIpc) is 2.57. The first-order valence-corrected chi connectivity index (χ1v) is 11.0. The fourth-order valence-corrected chi connectivity index (χ4v) is 4.40. The van der Waals surface area contributed by atoms with Crippen LogP contribution in [0.1, 0.15) is 24.5 Å². The third-order valence-corrected chi connectivity index (χ3v) is 6.14. The lowest BCUT2D eigenvalue weighted by atomic mass is 10.1. The van der Waals surface area contributed by atoms with Gasteiger partial charge in [-0.05, 0) is 49.6 Å². The van der Waals surface area contributed by atoms with Crippen molar-refractivity contribution >= 4 is 50.5 Å². The number of carbonyl (C=O) groups is 1. The predicted molar refractivity (Wildman–Crippen MR) is 112 cm³/mol. The number of para-hydroxylation sites is 1. The van der Waals surface area contributed by atoms with E-state index < -0.39 is 22.0 Å². The Morgan fingerprint density at radius 2 is 1.70 bits per heavy atom. The summed E-state index contributed by atoms with van der Waals surface area (Å²) in [6.45, 7) is 5.53. The van der Waals surface area contributed by atoms with Crippen molar-refractivity contribution in [3.63, 3.8) is 0 Å². The molecule has 0 bridgehead atoms. The Balaban J connectivity index is 2.46.